The van der Waals surface area contributed by atoms with Gasteiger partial charge in [0.25, 0.3) is 0 Å². The van der Waals surface area contributed by atoms with Gasteiger partial charge in [-0.2, -0.15) is 0 Å². The van der Waals surface area contributed by atoms with Crippen LogP contribution < -0.4 is 10.1 Å². The first-order valence-corrected chi connectivity index (χ1v) is 6.79. The van der Waals surface area contributed by atoms with Crippen molar-refractivity contribution in [2.45, 2.75) is 52.5 Å². The van der Waals surface area contributed by atoms with E-state index in [2.05, 4.69) is 58.1 Å². The van der Waals surface area contributed by atoms with Crippen molar-refractivity contribution in [1.82, 2.24) is 5.32 Å². The maximum absolute atomic E-state index is 5.89. The van der Waals surface area contributed by atoms with Crippen molar-refractivity contribution in [3.63, 3.8) is 0 Å². The van der Waals surface area contributed by atoms with E-state index in [9.17, 15) is 0 Å². The molecule has 2 heteroatoms. The lowest BCUT2D eigenvalue weighted by Gasteiger charge is -2.21. The Bertz CT molecular complexity index is 375. The highest BCUT2D eigenvalue weighted by Gasteiger charge is 2.15. The van der Waals surface area contributed by atoms with Crippen LogP contribution in [0.5, 0.6) is 5.75 Å². The van der Waals surface area contributed by atoms with Crippen molar-refractivity contribution in [2.75, 3.05) is 13.7 Å². The quantitative estimate of drug-likeness (QED) is 0.859. The Morgan fingerprint density at radius 1 is 1.28 bits per heavy atom. The zero-order chi connectivity index (χ0) is 13.8. The van der Waals surface area contributed by atoms with Crippen LogP contribution in [0.1, 0.15) is 45.2 Å². The first-order chi connectivity index (χ1) is 8.38. The van der Waals surface area contributed by atoms with Gasteiger partial charge in [0.2, 0.25) is 0 Å². The molecule has 1 aromatic carbocycles. The van der Waals surface area contributed by atoms with Crippen LogP contribution in [0.2, 0.25) is 0 Å². The summed E-state index contributed by atoms with van der Waals surface area (Å²) in [5.74, 6) is 0.997. The number of ether oxygens (including phenoxy) is 1. The summed E-state index contributed by atoms with van der Waals surface area (Å²) in [6, 6.07) is 6.92. The summed E-state index contributed by atoms with van der Waals surface area (Å²) in [6.45, 7) is 11.7. The molecule has 0 aromatic heterocycles. The monoisotopic (exact) mass is 249 g/mol. The number of hydrogen-bond acceptors (Lipinski definition) is 2. The molecule has 18 heavy (non-hydrogen) atoms. The number of likely N-dealkylation sites (N-methyl/N-ethyl adjacent to an activating group) is 1. The molecule has 0 aliphatic rings. The lowest BCUT2D eigenvalue weighted by molar-refractivity contribution is 0.265. The van der Waals surface area contributed by atoms with E-state index in [0.717, 1.165) is 18.8 Å². The fourth-order valence-electron chi connectivity index (χ4n) is 1.87. The molecule has 1 rings (SSSR count). The van der Waals surface area contributed by atoms with Gasteiger partial charge in [-0.25, -0.2) is 0 Å². The summed E-state index contributed by atoms with van der Waals surface area (Å²) in [4.78, 5) is 0. The van der Waals surface area contributed by atoms with E-state index in [0.29, 0.717) is 6.04 Å². The van der Waals surface area contributed by atoms with E-state index in [4.69, 9.17) is 4.74 Å². The highest BCUT2D eigenvalue weighted by Crippen LogP contribution is 2.27. The van der Waals surface area contributed by atoms with Crippen molar-refractivity contribution >= 4 is 0 Å². The zero-order valence-corrected chi connectivity index (χ0v) is 12.6. The first kappa shape index (κ1) is 15.0. The Hall–Kier alpha value is -1.02. The molecule has 0 amide bonds. The maximum Gasteiger partial charge on any atom is 0.122 e. The Morgan fingerprint density at radius 2 is 1.94 bits per heavy atom. The number of benzene rings is 1. The topological polar surface area (TPSA) is 21.3 Å². The molecule has 0 radical (unpaired) electrons. The van der Waals surface area contributed by atoms with Crippen LogP contribution in [0.25, 0.3) is 0 Å². The molecule has 1 unspecified atom stereocenters. The first-order valence-electron chi connectivity index (χ1n) is 6.79. The van der Waals surface area contributed by atoms with Gasteiger partial charge in [-0.15, -0.1) is 0 Å². The molecule has 0 spiro atoms. The highest BCUT2D eigenvalue weighted by atomic mass is 16.5. The van der Waals surface area contributed by atoms with Crippen LogP contribution in [0.3, 0.4) is 0 Å². The molecule has 0 fully saturated rings. The van der Waals surface area contributed by atoms with Crippen LogP contribution in [-0.4, -0.2) is 19.7 Å². The Balaban J connectivity index is 2.74. The van der Waals surface area contributed by atoms with E-state index >= 15 is 0 Å². The Morgan fingerprint density at radius 3 is 2.39 bits per heavy atom. The van der Waals surface area contributed by atoms with Gasteiger partial charge in [-0.1, -0.05) is 39.8 Å². The molecule has 0 aliphatic carbocycles. The molecule has 0 bridgehead atoms. The van der Waals surface area contributed by atoms with Gasteiger partial charge in [-0.05, 0) is 43.0 Å². The molecule has 1 aromatic rings. The van der Waals surface area contributed by atoms with E-state index in [1.807, 2.05) is 7.05 Å². The Kier molecular flexibility index (Phi) is 5.21. The predicted molar refractivity (Wildman–Crippen MR) is 78.5 cm³/mol. The zero-order valence-electron chi connectivity index (χ0n) is 12.6. The summed E-state index contributed by atoms with van der Waals surface area (Å²) in [5.41, 5.74) is 2.77. The molecule has 0 heterocycles. The number of nitrogens with one attached hydrogen (secondary N) is 1. The van der Waals surface area contributed by atoms with E-state index < -0.39 is 0 Å². The minimum atomic E-state index is 0.195. The summed E-state index contributed by atoms with van der Waals surface area (Å²) in [5, 5.41) is 3.25. The second kappa shape index (κ2) is 6.24. The number of rotatable bonds is 5. The van der Waals surface area contributed by atoms with Gasteiger partial charge in [0.05, 0.1) is 0 Å². The van der Waals surface area contributed by atoms with Crippen molar-refractivity contribution in [1.29, 1.82) is 0 Å². The van der Waals surface area contributed by atoms with Gasteiger partial charge in [0.1, 0.15) is 12.4 Å². The van der Waals surface area contributed by atoms with E-state index in [-0.39, 0.29) is 5.41 Å². The van der Waals surface area contributed by atoms with Crippen molar-refractivity contribution in [2.24, 2.45) is 0 Å². The molecule has 2 nitrogen and oxygen atoms in total. The van der Waals surface area contributed by atoms with Gasteiger partial charge in [-0.3, -0.25) is 0 Å². The third kappa shape index (κ3) is 4.02. The summed E-state index contributed by atoms with van der Waals surface area (Å²) in [6.07, 6.45) is 1.08. The average molecular weight is 249 g/mol. The summed E-state index contributed by atoms with van der Waals surface area (Å²) >= 11 is 0. The second-order valence-electron chi connectivity index (χ2n) is 5.94. The Labute approximate surface area is 112 Å². The lowest BCUT2D eigenvalue weighted by Crippen LogP contribution is -2.30. The summed E-state index contributed by atoms with van der Waals surface area (Å²) < 4.78 is 5.89. The van der Waals surface area contributed by atoms with Crippen molar-refractivity contribution in [3.05, 3.63) is 29.3 Å². The molecule has 102 valence electrons. The molecule has 0 aliphatic heterocycles. The maximum atomic E-state index is 5.89. The lowest BCUT2D eigenvalue weighted by atomic mass is 9.86. The molecular formula is C16H27NO. The smallest absolute Gasteiger partial charge is 0.122 e. The molecule has 1 atom stereocenters. The van der Waals surface area contributed by atoms with Gasteiger partial charge in [0, 0.05) is 6.04 Å². The summed E-state index contributed by atoms with van der Waals surface area (Å²) in [7, 11) is 1.98. The number of aryl methyl sites for hydroxylation is 1. The van der Waals surface area contributed by atoms with E-state index in [1.165, 1.54) is 11.1 Å². The minimum Gasteiger partial charge on any atom is -0.492 e. The highest BCUT2D eigenvalue weighted by molar-refractivity contribution is 5.38. The number of hydrogen-bond donors (Lipinski definition) is 1. The van der Waals surface area contributed by atoms with Gasteiger partial charge < -0.3 is 10.1 Å². The molecule has 0 saturated carbocycles. The molecule has 0 saturated heterocycles. The molecule has 1 N–H and O–H groups in total. The average Bonchev–Trinajstić information content (AvgIpc) is 2.30. The van der Waals surface area contributed by atoms with Crippen LogP contribution in [0.4, 0.5) is 0 Å². The van der Waals surface area contributed by atoms with Gasteiger partial charge in [0.15, 0.2) is 0 Å². The standard InChI is InChI=1S/C16H27NO/c1-7-14(17-6)11-18-15-9-8-13(10-12(15)2)16(3,4)5/h8-10,14,17H,7,11H2,1-6H3. The fourth-order valence-corrected chi connectivity index (χ4v) is 1.87. The van der Waals surface area contributed by atoms with Crippen molar-refractivity contribution < 1.29 is 4.74 Å². The third-order valence-electron chi connectivity index (χ3n) is 3.38. The fraction of sp³-hybridized carbons (Fsp3) is 0.625. The van der Waals surface area contributed by atoms with Crippen LogP contribution in [-0.2, 0) is 5.41 Å². The molecular weight excluding hydrogens is 222 g/mol. The minimum absolute atomic E-state index is 0.195. The normalized spacial score (nSPS) is 13.4. The predicted octanol–water partition coefficient (Wildman–Crippen LogP) is 3.67. The van der Waals surface area contributed by atoms with Crippen LogP contribution in [0.15, 0.2) is 18.2 Å². The second-order valence-corrected chi connectivity index (χ2v) is 5.94. The van der Waals surface area contributed by atoms with Crippen LogP contribution >= 0.6 is 0 Å². The third-order valence-corrected chi connectivity index (χ3v) is 3.38. The van der Waals surface area contributed by atoms with Crippen LogP contribution in [0, 0.1) is 6.92 Å². The van der Waals surface area contributed by atoms with E-state index in [1.54, 1.807) is 0 Å². The van der Waals surface area contributed by atoms with Gasteiger partial charge >= 0.3 is 0 Å². The SMILES string of the molecule is CCC(COc1ccc(C(C)(C)C)cc1C)NC. The largest absolute Gasteiger partial charge is 0.492 e. The van der Waals surface area contributed by atoms with Crippen molar-refractivity contribution in [3.8, 4) is 5.75 Å².